The van der Waals surface area contributed by atoms with Crippen LogP contribution >= 0.6 is 35.2 Å². The summed E-state index contributed by atoms with van der Waals surface area (Å²) < 4.78 is 6.70. The molecule has 0 saturated heterocycles. The molecule has 9 heteroatoms. The molecule has 2 aromatic rings. The number of thiocarbonyl (C=S) groups is 1. The van der Waals surface area contributed by atoms with E-state index in [1.807, 2.05) is 0 Å². The van der Waals surface area contributed by atoms with Gasteiger partial charge < -0.3 is 15.4 Å². The number of nitrogens with zero attached hydrogens (tertiary/aromatic N) is 2. The molecule has 0 aliphatic heterocycles. The largest absolute Gasteiger partial charge is 0.465 e. The zero-order chi connectivity index (χ0) is 17.8. The molecular formula is C16H19ClN4O2S2. The molecular weight excluding hydrogens is 380 g/mol. The van der Waals surface area contributed by atoms with Crippen LogP contribution in [-0.4, -0.2) is 34.5 Å². The summed E-state index contributed by atoms with van der Waals surface area (Å²) in [5, 5.41) is 12.2. The summed E-state index contributed by atoms with van der Waals surface area (Å²) in [4.78, 5) is 13.5. The molecule has 2 heterocycles. The minimum atomic E-state index is -0.309. The first-order chi connectivity index (χ1) is 12.1. The third-order valence-electron chi connectivity index (χ3n) is 4.02. The van der Waals surface area contributed by atoms with E-state index in [0.717, 1.165) is 36.2 Å². The number of anilines is 1. The van der Waals surface area contributed by atoms with Gasteiger partial charge in [0.15, 0.2) is 5.11 Å². The van der Waals surface area contributed by atoms with Crippen molar-refractivity contribution in [1.82, 2.24) is 15.1 Å². The molecule has 3 rings (SSSR count). The first-order valence-electron chi connectivity index (χ1n) is 8.04. The number of nitrogens with one attached hydrogen (secondary N) is 2. The Labute approximate surface area is 160 Å². The molecule has 1 aliphatic rings. The lowest BCUT2D eigenvalue weighted by Gasteiger charge is -2.12. The molecule has 134 valence electrons. The van der Waals surface area contributed by atoms with Gasteiger partial charge in [0.2, 0.25) is 0 Å². The van der Waals surface area contributed by atoms with E-state index in [1.54, 1.807) is 28.4 Å². The van der Waals surface area contributed by atoms with Crippen molar-refractivity contribution in [2.75, 3.05) is 19.0 Å². The van der Waals surface area contributed by atoms with E-state index in [1.165, 1.54) is 12.0 Å². The van der Waals surface area contributed by atoms with Gasteiger partial charge in [-0.2, -0.15) is 5.10 Å². The Bertz CT molecular complexity index is 787. The molecule has 2 aromatic heterocycles. The Balaban J connectivity index is 1.64. The third kappa shape index (κ3) is 4.31. The van der Waals surface area contributed by atoms with Crippen LogP contribution < -0.4 is 10.6 Å². The summed E-state index contributed by atoms with van der Waals surface area (Å²) in [5.41, 5.74) is 1.74. The number of thiophene rings is 1. The lowest BCUT2D eigenvalue weighted by molar-refractivity contribution is 0.0601. The van der Waals surface area contributed by atoms with Gasteiger partial charge in [0.1, 0.15) is 5.00 Å². The third-order valence-corrected chi connectivity index (χ3v) is 5.66. The van der Waals surface area contributed by atoms with Gasteiger partial charge in [0.05, 0.1) is 30.4 Å². The highest BCUT2D eigenvalue weighted by molar-refractivity contribution is 7.80. The van der Waals surface area contributed by atoms with Crippen molar-refractivity contribution in [3.63, 3.8) is 0 Å². The first-order valence-corrected chi connectivity index (χ1v) is 9.64. The number of aromatic nitrogens is 2. The van der Waals surface area contributed by atoms with E-state index < -0.39 is 0 Å². The highest BCUT2D eigenvalue weighted by atomic mass is 35.5. The number of carbonyl (C=O) groups is 1. The van der Waals surface area contributed by atoms with Gasteiger partial charge in [-0.25, -0.2) is 4.79 Å². The molecule has 2 N–H and O–H groups in total. The van der Waals surface area contributed by atoms with Crippen LogP contribution in [0.2, 0.25) is 5.02 Å². The number of esters is 1. The van der Waals surface area contributed by atoms with Crippen LogP contribution in [0.1, 0.15) is 33.6 Å². The van der Waals surface area contributed by atoms with Crippen LogP contribution in [0.15, 0.2) is 12.4 Å². The number of hydrogen-bond acceptors (Lipinski definition) is 5. The predicted molar refractivity (Wildman–Crippen MR) is 104 cm³/mol. The summed E-state index contributed by atoms with van der Waals surface area (Å²) in [6.07, 6.45) is 7.52. The molecule has 0 fully saturated rings. The Kier molecular flexibility index (Phi) is 5.93. The van der Waals surface area contributed by atoms with Crippen LogP contribution in [-0.2, 0) is 24.1 Å². The minimum Gasteiger partial charge on any atom is -0.465 e. The van der Waals surface area contributed by atoms with E-state index >= 15 is 0 Å². The monoisotopic (exact) mass is 398 g/mol. The van der Waals surface area contributed by atoms with Crippen molar-refractivity contribution in [1.29, 1.82) is 0 Å². The number of methoxy groups -OCH3 is 1. The molecule has 0 spiro atoms. The van der Waals surface area contributed by atoms with Gasteiger partial charge >= 0.3 is 5.97 Å². The van der Waals surface area contributed by atoms with Crippen molar-refractivity contribution in [2.45, 2.75) is 32.2 Å². The average Bonchev–Trinajstić information content (AvgIpc) is 3.17. The highest BCUT2D eigenvalue weighted by Crippen LogP contribution is 2.38. The Morgan fingerprint density at radius 1 is 1.48 bits per heavy atom. The fraction of sp³-hybridized carbons (Fsp3) is 0.438. The van der Waals surface area contributed by atoms with Crippen molar-refractivity contribution < 1.29 is 9.53 Å². The Morgan fingerprint density at radius 3 is 3.00 bits per heavy atom. The quantitative estimate of drug-likeness (QED) is 0.595. The first kappa shape index (κ1) is 18.2. The summed E-state index contributed by atoms with van der Waals surface area (Å²) in [6, 6.07) is 0. The lowest BCUT2D eigenvalue weighted by atomic mass is 9.95. The summed E-state index contributed by atoms with van der Waals surface area (Å²) in [7, 11) is 1.41. The molecule has 0 aromatic carbocycles. The van der Waals surface area contributed by atoms with Gasteiger partial charge in [-0.1, -0.05) is 11.6 Å². The summed E-state index contributed by atoms with van der Waals surface area (Å²) in [6.45, 7) is 1.24. The fourth-order valence-electron chi connectivity index (χ4n) is 2.86. The van der Waals surface area contributed by atoms with Gasteiger partial charge in [-0.3, -0.25) is 4.68 Å². The number of carbonyl (C=O) groups excluding carboxylic acids is 1. The van der Waals surface area contributed by atoms with Gasteiger partial charge in [0.25, 0.3) is 0 Å². The number of aryl methyl sites for hydroxylation is 1. The summed E-state index contributed by atoms with van der Waals surface area (Å²) >= 11 is 12.8. The predicted octanol–water partition coefficient (Wildman–Crippen LogP) is 3.25. The molecule has 25 heavy (non-hydrogen) atoms. The second kappa shape index (κ2) is 8.16. The Morgan fingerprint density at radius 2 is 2.28 bits per heavy atom. The molecule has 0 radical (unpaired) electrons. The maximum atomic E-state index is 12.2. The number of halogens is 1. The summed E-state index contributed by atoms with van der Waals surface area (Å²) in [5.74, 6) is -0.309. The van der Waals surface area contributed by atoms with Crippen LogP contribution in [0.4, 0.5) is 5.00 Å². The zero-order valence-corrected chi connectivity index (χ0v) is 16.2. The fourth-order valence-corrected chi connectivity index (χ4v) is 4.57. The molecule has 0 bridgehead atoms. The standard InChI is InChI=1S/C16H19ClN4O2S2/c1-23-15(22)13-11-4-2-3-5-12(11)25-14(13)20-16(24)18-6-7-21-9-10(17)8-19-21/h8-9H,2-7H2,1H3,(H2,18,20,24). The minimum absolute atomic E-state index is 0.309. The van der Waals surface area contributed by atoms with Crippen molar-refractivity contribution in [3.05, 3.63) is 33.4 Å². The molecule has 0 amide bonds. The van der Waals surface area contributed by atoms with Crippen molar-refractivity contribution in [2.24, 2.45) is 0 Å². The Hall–Kier alpha value is -1.64. The lowest BCUT2D eigenvalue weighted by Crippen LogP contribution is -2.31. The van der Waals surface area contributed by atoms with Crippen LogP contribution in [0.3, 0.4) is 0 Å². The van der Waals surface area contributed by atoms with Crippen LogP contribution in [0.5, 0.6) is 0 Å². The number of rotatable bonds is 5. The smallest absolute Gasteiger partial charge is 0.341 e. The topological polar surface area (TPSA) is 68.2 Å². The molecule has 0 atom stereocenters. The zero-order valence-electron chi connectivity index (χ0n) is 13.8. The SMILES string of the molecule is COC(=O)c1c(NC(=S)NCCn2cc(Cl)cn2)sc2c1CCCC2. The second-order valence-corrected chi connectivity index (χ2v) is 7.66. The maximum Gasteiger partial charge on any atom is 0.341 e. The molecule has 0 unspecified atom stereocenters. The number of fused-ring (bicyclic) bond motifs is 1. The average molecular weight is 399 g/mol. The number of hydrogen-bond donors (Lipinski definition) is 2. The van der Waals surface area contributed by atoms with E-state index in [2.05, 4.69) is 15.7 Å². The normalized spacial score (nSPS) is 13.2. The van der Waals surface area contributed by atoms with E-state index in [9.17, 15) is 4.79 Å². The highest BCUT2D eigenvalue weighted by Gasteiger charge is 2.26. The van der Waals surface area contributed by atoms with E-state index in [-0.39, 0.29) is 5.97 Å². The number of ether oxygens (including phenoxy) is 1. The molecule has 0 saturated carbocycles. The maximum absolute atomic E-state index is 12.2. The van der Waals surface area contributed by atoms with Crippen molar-refractivity contribution in [3.8, 4) is 0 Å². The van der Waals surface area contributed by atoms with E-state index in [0.29, 0.717) is 28.8 Å². The molecule has 6 nitrogen and oxygen atoms in total. The van der Waals surface area contributed by atoms with E-state index in [4.69, 9.17) is 28.6 Å². The second-order valence-electron chi connectivity index (χ2n) is 5.71. The van der Waals surface area contributed by atoms with Crippen LogP contribution in [0.25, 0.3) is 0 Å². The van der Waals surface area contributed by atoms with Gasteiger partial charge in [0, 0.05) is 17.6 Å². The van der Waals surface area contributed by atoms with Crippen molar-refractivity contribution >= 4 is 51.2 Å². The molecule has 1 aliphatic carbocycles. The van der Waals surface area contributed by atoms with Crippen LogP contribution in [0, 0.1) is 0 Å². The van der Waals surface area contributed by atoms with Gasteiger partial charge in [-0.15, -0.1) is 11.3 Å². The van der Waals surface area contributed by atoms with Gasteiger partial charge in [-0.05, 0) is 43.5 Å².